The number of piperidine rings is 1. The number of nitrogens with zero attached hydrogens (tertiary/aromatic N) is 2. The van der Waals surface area contributed by atoms with Crippen molar-refractivity contribution in [2.45, 2.75) is 63.4 Å². The third-order valence-electron chi connectivity index (χ3n) is 6.16. The molecule has 9 heteroatoms. The van der Waals surface area contributed by atoms with Crippen molar-refractivity contribution in [3.63, 3.8) is 0 Å². The van der Waals surface area contributed by atoms with Gasteiger partial charge in [0.25, 0.3) is 0 Å². The van der Waals surface area contributed by atoms with Crippen molar-refractivity contribution < 1.29 is 22.4 Å². The standard InChI is InChI=1S/C23H29N3O5S/c1-16-5-3-4-12-26(16)32(29,30)20-9-10-21-18(13-20)7-11-23(28)25(21)15-22(27)24-14-19-8-6-17(2)31-19/h6,8-10,13,16H,3-5,7,11-12,14-15H2,1-2H3,(H,24,27)/t16-/m0/s1. The van der Waals surface area contributed by atoms with E-state index in [1.807, 2.05) is 19.9 Å². The third-order valence-corrected chi connectivity index (χ3v) is 8.17. The quantitative estimate of drug-likeness (QED) is 0.716. The zero-order chi connectivity index (χ0) is 22.9. The Balaban J connectivity index is 1.50. The molecule has 2 aromatic rings. The number of rotatable bonds is 6. The molecule has 1 aromatic heterocycles. The van der Waals surface area contributed by atoms with Gasteiger partial charge in [0.1, 0.15) is 18.1 Å². The first-order valence-corrected chi connectivity index (χ1v) is 12.5. The first-order chi connectivity index (χ1) is 15.3. The number of carbonyl (C=O) groups is 2. The lowest BCUT2D eigenvalue weighted by Crippen LogP contribution is -2.43. The Kier molecular flexibility index (Phi) is 6.39. The fraction of sp³-hybridized carbons (Fsp3) is 0.478. The minimum Gasteiger partial charge on any atom is -0.465 e. The van der Waals surface area contributed by atoms with Gasteiger partial charge in [0, 0.05) is 24.7 Å². The van der Waals surface area contributed by atoms with Crippen molar-refractivity contribution >= 4 is 27.5 Å². The van der Waals surface area contributed by atoms with Crippen LogP contribution in [0.5, 0.6) is 0 Å². The Morgan fingerprint density at radius 3 is 2.72 bits per heavy atom. The van der Waals surface area contributed by atoms with Crippen molar-refractivity contribution in [3.8, 4) is 0 Å². The summed E-state index contributed by atoms with van der Waals surface area (Å²) >= 11 is 0. The van der Waals surface area contributed by atoms with E-state index in [2.05, 4.69) is 5.32 Å². The van der Waals surface area contributed by atoms with Gasteiger partial charge in [0.15, 0.2) is 0 Å². The summed E-state index contributed by atoms with van der Waals surface area (Å²) in [7, 11) is -3.60. The lowest BCUT2D eigenvalue weighted by molar-refractivity contribution is -0.124. The van der Waals surface area contributed by atoms with Gasteiger partial charge in [0.2, 0.25) is 21.8 Å². The molecule has 32 heavy (non-hydrogen) atoms. The van der Waals surface area contributed by atoms with E-state index in [-0.39, 0.29) is 42.3 Å². The summed E-state index contributed by atoms with van der Waals surface area (Å²) in [6.07, 6.45) is 3.46. The summed E-state index contributed by atoms with van der Waals surface area (Å²) in [5.41, 5.74) is 1.36. The van der Waals surface area contributed by atoms with Gasteiger partial charge in [0.05, 0.1) is 11.4 Å². The van der Waals surface area contributed by atoms with Crippen molar-refractivity contribution in [2.24, 2.45) is 0 Å². The molecule has 0 unspecified atom stereocenters. The first kappa shape index (κ1) is 22.5. The number of anilines is 1. The topological polar surface area (TPSA) is 99.9 Å². The number of fused-ring (bicyclic) bond motifs is 1. The van der Waals surface area contributed by atoms with Crippen LogP contribution in [0.4, 0.5) is 5.69 Å². The minimum absolute atomic E-state index is 0.0236. The second-order valence-corrected chi connectivity index (χ2v) is 10.4. The van der Waals surface area contributed by atoms with E-state index in [1.54, 1.807) is 28.6 Å². The van der Waals surface area contributed by atoms with Crippen LogP contribution in [0.15, 0.2) is 39.6 Å². The molecule has 1 saturated heterocycles. The lowest BCUT2D eigenvalue weighted by Gasteiger charge is -2.33. The fourth-order valence-corrected chi connectivity index (χ4v) is 6.15. The molecular formula is C23H29N3O5S. The highest BCUT2D eigenvalue weighted by Crippen LogP contribution is 2.32. The second-order valence-electron chi connectivity index (χ2n) is 8.52. The van der Waals surface area contributed by atoms with Gasteiger partial charge >= 0.3 is 0 Å². The molecule has 3 heterocycles. The van der Waals surface area contributed by atoms with Crippen LogP contribution in [0.25, 0.3) is 0 Å². The van der Waals surface area contributed by atoms with Gasteiger partial charge < -0.3 is 14.6 Å². The summed E-state index contributed by atoms with van der Waals surface area (Å²) in [5, 5.41) is 2.77. The Morgan fingerprint density at radius 1 is 1.19 bits per heavy atom. The monoisotopic (exact) mass is 459 g/mol. The van der Waals surface area contributed by atoms with Gasteiger partial charge in [-0.3, -0.25) is 9.59 Å². The van der Waals surface area contributed by atoms with E-state index >= 15 is 0 Å². The van der Waals surface area contributed by atoms with E-state index < -0.39 is 10.0 Å². The number of carbonyl (C=O) groups excluding carboxylic acids is 2. The average molecular weight is 460 g/mol. The number of benzene rings is 1. The first-order valence-electron chi connectivity index (χ1n) is 11.0. The SMILES string of the molecule is Cc1ccc(CNC(=O)CN2C(=O)CCc3cc(S(=O)(=O)N4CCCC[C@@H]4C)ccc32)o1. The highest BCUT2D eigenvalue weighted by atomic mass is 32.2. The Labute approximate surface area is 188 Å². The molecule has 1 aromatic carbocycles. The Morgan fingerprint density at radius 2 is 2.00 bits per heavy atom. The molecular weight excluding hydrogens is 430 g/mol. The average Bonchev–Trinajstić information content (AvgIpc) is 3.19. The maximum absolute atomic E-state index is 13.2. The maximum Gasteiger partial charge on any atom is 0.243 e. The van der Waals surface area contributed by atoms with Crippen LogP contribution in [0, 0.1) is 6.92 Å². The van der Waals surface area contributed by atoms with Crippen LogP contribution < -0.4 is 10.2 Å². The molecule has 1 N–H and O–H groups in total. The lowest BCUT2D eigenvalue weighted by atomic mass is 10.0. The van der Waals surface area contributed by atoms with Crippen LogP contribution in [0.3, 0.4) is 0 Å². The predicted molar refractivity (Wildman–Crippen MR) is 120 cm³/mol. The van der Waals surface area contributed by atoms with Crippen molar-refractivity contribution in [1.29, 1.82) is 0 Å². The molecule has 0 bridgehead atoms. The summed E-state index contributed by atoms with van der Waals surface area (Å²) in [5.74, 6) is 0.947. The number of aryl methyl sites for hydroxylation is 2. The summed E-state index contributed by atoms with van der Waals surface area (Å²) in [4.78, 5) is 26.7. The molecule has 2 aliphatic rings. The minimum atomic E-state index is -3.60. The van der Waals surface area contributed by atoms with Crippen LogP contribution in [-0.2, 0) is 32.6 Å². The molecule has 2 aliphatic heterocycles. The second kappa shape index (κ2) is 9.07. The molecule has 1 atom stereocenters. The number of amides is 2. The third kappa shape index (κ3) is 4.59. The van der Waals surface area contributed by atoms with E-state index in [1.165, 1.54) is 4.90 Å². The highest BCUT2D eigenvalue weighted by molar-refractivity contribution is 7.89. The molecule has 0 aliphatic carbocycles. The van der Waals surface area contributed by atoms with Crippen LogP contribution >= 0.6 is 0 Å². The number of sulfonamides is 1. The molecule has 2 amide bonds. The van der Waals surface area contributed by atoms with Crippen molar-refractivity contribution in [3.05, 3.63) is 47.4 Å². The molecule has 0 radical (unpaired) electrons. The molecule has 4 rings (SSSR count). The molecule has 8 nitrogen and oxygen atoms in total. The van der Waals surface area contributed by atoms with Crippen molar-refractivity contribution in [2.75, 3.05) is 18.0 Å². The largest absolute Gasteiger partial charge is 0.465 e. The van der Waals surface area contributed by atoms with Gasteiger partial charge in [-0.25, -0.2) is 8.42 Å². The number of hydrogen-bond acceptors (Lipinski definition) is 5. The number of furan rings is 1. The number of nitrogens with one attached hydrogen (secondary N) is 1. The highest BCUT2D eigenvalue weighted by Gasteiger charge is 2.33. The fourth-order valence-electron chi connectivity index (χ4n) is 4.40. The van der Waals surface area contributed by atoms with Crippen molar-refractivity contribution in [1.82, 2.24) is 9.62 Å². The van der Waals surface area contributed by atoms with Gasteiger partial charge in [-0.2, -0.15) is 4.31 Å². The zero-order valence-electron chi connectivity index (χ0n) is 18.5. The van der Waals surface area contributed by atoms with Gasteiger partial charge in [-0.1, -0.05) is 6.42 Å². The van der Waals surface area contributed by atoms with Crippen LogP contribution in [0.2, 0.25) is 0 Å². The normalized spacial score (nSPS) is 19.6. The van der Waals surface area contributed by atoms with Crippen LogP contribution in [-0.4, -0.2) is 43.7 Å². The Hall–Kier alpha value is -2.65. The van der Waals surface area contributed by atoms with Crippen LogP contribution in [0.1, 0.15) is 49.7 Å². The summed E-state index contributed by atoms with van der Waals surface area (Å²) < 4.78 is 33.4. The molecule has 0 saturated carbocycles. The van der Waals surface area contributed by atoms with Gasteiger partial charge in [-0.15, -0.1) is 0 Å². The van der Waals surface area contributed by atoms with E-state index in [4.69, 9.17) is 4.42 Å². The molecule has 1 fully saturated rings. The Bertz CT molecular complexity index is 1120. The smallest absolute Gasteiger partial charge is 0.243 e. The maximum atomic E-state index is 13.2. The summed E-state index contributed by atoms with van der Waals surface area (Å²) in [6.45, 7) is 4.42. The summed E-state index contributed by atoms with van der Waals surface area (Å²) in [6, 6.07) is 8.45. The van der Waals surface area contributed by atoms with Gasteiger partial charge in [-0.05, 0) is 69.0 Å². The van der Waals surface area contributed by atoms with E-state index in [0.29, 0.717) is 24.4 Å². The molecule has 172 valence electrons. The predicted octanol–water partition coefficient (Wildman–Crippen LogP) is 2.75. The zero-order valence-corrected chi connectivity index (χ0v) is 19.3. The molecule has 0 spiro atoms. The number of hydrogen-bond donors (Lipinski definition) is 1. The van der Waals surface area contributed by atoms with E-state index in [9.17, 15) is 18.0 Å². The van der Waals surface area contributed by atoms with E-state index in [0.717, 1.165) is 30.6 Å².